The topological polar surface area (TPSA) is 58.6 Å². The monoisotopic (exact) mass is 210 g/mol. The molecule has 1 rings (SSSR count). The van der Waals surface area contributed by atoms with Crippen LogP contribution in [0.2, 0.25) is 0 Å². The second kappa shape index (κ2) is 5.57. The van der Waals surface area contributed by atoms with Gasteiger partial charge in [0.1, 0.15) is 0 Å². The van der Waals surface area contributed by atoms with Crippen molar-refractivity contribution in [1.29, 1.82) is 0 Å². The van der Waals surface area contributed by atoms with E-state index in [0.29, 0.717) is 6.54 Å². The summed E-state index contributed by atoms with van der Waals surface area (Å²) >= 11 is 1.68. The van der Waals surface area contributed by atoms with Gasteiger partial charge in [-0.3, -0.25) is 4.99 Å². The second-order valence-corrected chi connectivity index (χ2v) is 4.08. The first-order valence-electron chi connectivity index (χ1n) is 4.37. The van der Waals surface area contributed by atoms with Crippen LogP contribution in [0.3, 0.4) is 0 Å². The van der Waals surface area contributed by atoms with E-state index in [1.165, 1.54) is 11.1 Å². The van der Waals surface area contributed by atoms with Crippen molar-refractivity contribution >= 4 is 23.1 Å². The summed E-state index contributed by atoms with van der Waals surface area (Å²) in [5.74, 6) is 0. The molecule has 4 heteroatoms. The van der Waals surface area contributed by atoms with E-state index < -0.39 is 0 Å². The quantitative estimate of drug-likeness (QED) is 0.738. The highest BCUT2D eigenvalue weighted by Gasteiger charge is 2.00. The van der Waals surface area contributed by atoms with Gasteiger partial charge >= 0.3 is 0 Å². The predicted octanol–water partition coefficient (Wildman–Crippen LogP) is 1.42. The predicted molar refractivity (Wildman–Crippen MR) is 61.7 cm³/mol. The molecule has 0 atom stereocenters. The summed E-state index contributed by atoms with van der Waals surface area (Å²) in [5, 5.41) is 8.56. The van der Waals surface area contributed by atoms with Crippen molar-refractivity contribution in [2.24, 2.45) is 10.7 Å². The van der Waals surface area contributed by atoms with Gasteiger partial charge in [-0.1, -0.05) is 0 Å². The number of aliphatic imine (C=N–C) groups is 1. The Kier molecular flexibility index (Phi) is 4.35. The summed E-state index contributed by atoms with van der Waals surface area (Å²) in [5.41, 5.74) is 6.39. The van der Waals surface area contributed by atoms with Gasteiger partial charge in [-0.25, -0.2) is 0 Å². The summed E-state index contributed by atoms with van der Waals surface area (Å²) in [6.45, 7) is 2.53. The molecule has 3 nitrogen and oxygen atoms in total. The number of aliphatic hydroxyl groups is 1. The minimum atomic E-state index is 0.0673. The maximum atomic E-state index is 8.56. The molecule has 0 fully saturated rings. The van der Waals surface area contributed by atoms with Gasteiger partial charge in [-0.05, 0) is 19.1 Å². The molecular formula is C10H14N2OS. The van der Waals surface area contributed by atoms with E-state index in [0.717, 1.165) is 10.5 Å². The van der Waals surface area contributed by atoms with Gasteiger partial charge in [-0.2, -0.15) is 0 Å². The Balaban J connectivity index is 2.73. The van der Waals surface area contributed by atoms with Crippen LogP contribution in [-0.4, -0.2) is 24.5 Å². The lowest BCUT2D eigenvalue weighted by atomic mass is 10.2. The van der Waals surface area contributed by atoms with E-state index in [4.69, 9.17) is 10.8 Å². The molecule has 14 heavy (non-hydrogen) atoms. The van der Waals surface area contributed by atoms with Crippen LogP contribution in [0.4, 0.5) is 0 Å². The third-order valence-corrected chi connectivity index (χ3v) is 2.71. The number of nitrogens with two attached hydrogens (primary N) is 1. The smallest absolute Gasteiger partial charge is 0.0626 e. The number of rotatable bonds is 4. The van der Waals surface area contributed by atoms with Crippen LogP contribution < -0.4 is 5.73 Å². The largest absolute Gasteiger partial charge is 0.404 e. The van der Waals surface area contributed by atoms with Crippen LogP contribution in [-0.2, 0) is 0 Å². The third-order valence-electron chi connectivity index (χ3n) is 1.66. The summed E-state index contributed by atoms with van der Waals surface area (Å²) in [4.78, 5) is 6.38. The van der Waals surface area contributed by atoms with Crippen molar-refractivity contribution in [3.05, 3.63) is 28.1 Å². The lowest BCUT2D eigenvalue weighted by molar-refractivity contribution is 0.307. The molecule has 0 aromatic carbocycles. The fraction of sp³-hybridized carbons (Fsp3) is 0.300. The van der Waals surface area contributed by atoms with Gasteiger partial charge in [0.15, 0.2) is 0 Å². The molecule has 76 valence electrons. The molecular weight excluding hydrogens is 196 g/mol. The van der Waals surface area contributed by atoms with Crippen LogP contribution in [0.5, 0.6) is 0 Å². The molecule has 0 aliphatic rings. The van der Waals surface area contributed by atoms with E-state index in [9.17, 15) is 0 Å². The SMILES string of the molecule is Cc1ccc(/C(C=NCCO)=C/N)s1. The number of thiophene rings is 1. The summed E-state index contributed by atoms with van der Waals surface area (Å²) in [6.07, 6.45) is 3.23. The van der Waals surface area contributed by atoms with Gasteiger partial charge in [-0.15, -0.1) is 11.3 Å². The maximum Gasteiger partial charge on any atom is 0.0626 e. The zero-order chi connectivity index (χ0) is 10.4. The molecule has 0 bridgehead atoms. The number of hydrogen-bond acceptors (Lipinski definition) is 4. The van der Waals surface area contributed by atoms with Gasteiger partial charge in [0.2, 0.25) is 0 Å². The molecule has 1 aromatic rings. The van der Waals surface area contributed by atoms with Gasteiger partial charge in [0.05, 0.1) is 13.2 Å². The molecule has 0 spiro atoms. The first-order chi connectivity index (χ1) is 6.77. The summed E-state index contributed by atoms with van der Waals surface area (Å²) < 4.78 is 0. The molecule has 0 aliphatic carbocycles. The molecule has 0 saturated heterocycles. The average molecular weight is 210 g/mol. The van der Waals surface area contributed by atoms with Crippen LogP contribution in [0, 0.1) is 6.92 Å². The molecule has 0 aliphatic heterocycles. The van der Waals surface area contributed by atoms with Crippen molar-refractivity contribution < 1.29 is 5.11 Å². The lowest BCUT2D eigenvalue weighted by Crippen LogP contribution is -1.92. The van der Waals surface area contributed by atoms with Crippen molar-refractivity contribution in [2.45, 2.75) is 6.92 Å². The molecule has 0 unspecified atom stereocenters. The first-order valence-corrected chi connectivity index (χ1v) is 5.19. The molecule has 0 amide bonds. The molecule has 1 heterocycles. The van der Waals surface area contributed by atoms with Gasteiger partial charge < -0.3 is 10.8 Å². The van der Waals surface area contributed by atoms with Crippen LogP contribution in [0.25, 0.3) is 5.57 Å². The summed E-state index contributed by atoms with van der Waals surface area (Å²) in [7, 11) is 0. The molecule has 1 aromatic heterocycles. The number of nitrogens with zero attached hydrogens (tertiary/aromatic N) is 1. The normalized spacial score (nSPS) is 12.6. The molecule has 3 N–H and O–H groups in total. The highest BCUT2D eigenvalue weighted by atomic mass is 32.1. The minimum Gasteiger partial charge on any atom is -0.404 e. The number of aryl methyl sites for hydroxylation is 1. The van der Waals surface area contributed by atoms with E-state index >= 15 is 0 Å². The van der Waals surface area contributed by atoms with Crippen molar-refractivity contribution in [1.82, 2.24) is 0 Å². The Morgan fingerprint density at radius 2 is 2.43 bits per heavy atom. The highest BCUT2D eigenvalue weighted by molar-refractivity contribution is 7.13. The van der Waals surface area contributed by atoms with E-state index in [1.807, 2.05) is 19.1 Å². The maximum absolute atomic E-state index is 8.56. The zero-order valence-corrected chi connectivity index (χ0v) is 8.92. The lowest BCUT2D eigenvalue weighted by Gasteiger charge is -1.95. The van der Waals surface area contributed by atoms with E-state index in [2.05, 4.69) is 4.99 Å². The Bertz CT molecular complexity index is 342. The van der Waals surface area contributed by atoms with Crippen LogP contribution >= 0.6 is 11.3 Å². The molecule has 0 radical (unpaired) electrons. The van der Waals surface area contributed by atoms with Crippen LogP contribution in [0.1, 0.15) is 9.75 Å². The van der Waals surface area contributed by atoms with E-state index in [1.54, 1.807) is 17.6 Å². The van der Waals surface area contributed by atoms with Gasteiger partial charge in [0, 0.05) is 27.7 Å². The summed E-state index contributed by atoms with van der Waals surface area (Å²) in [6, 6.07) is 4.06. The average Bonchev–Trinajstić information content (AvgIpc) is 2.60. The fourth-order valence-corrected chi connectivity index (χ4v) is 1.86. The third kappa shape index (κ3) is 2.97. The van der Waals surface area contributed by atoms with Crippen molar-refractivity contribution in [3.8, 4) is 0 Å². The van der Waals surface area contributed by atoms with Crippen molar-refractivity contribution in [2.75, 3.05) is 13.2 Å². The minimum absolute atomic E-state index is 0.0673. The standard InChI is InChI=1S/C10H14N2OS/c1-8-2-3-10(14-8)9(6-11)7-12-4-5-13/h2-3,6-7,13H,4-5,11H2,1H3/b9-6+,12-7?. The Morgan fingerprint density at radius 3 is 2.93 bits per heavy atom. The zero-order valence-electron chi connectivity index (χ0n) is 8.10. The molecule has 0 saturated carbocycles. The fourth-order valence-electron chi connectivity index (χ4n) is 0.999. The first kappa shape index (κ1) is 10.9. The Labute approximate surface area is 87.6 Å². The van der Waals surface area contributed by atoms with Gasteiger partial charge in [0.25, 0.3) is 0 Å². The van der Waals surface area contributed by atoms with Crippen molar-refractivity contribution in [3.63, 3.8) is 0 Å². The number of aliphatic hydroxyl groups excluding tert-OH is 1. The van der Waals surface area contributed by atoms with E-state index in [-0.39, 0.29) is 6.61 Å². The highest BCUT2D eigenvalue weighted by Crippen LogP contribution is 2.21. The Hall–Kier alpha value is -1.13. The number of allylic oxidation sites excluding steroid dienone is 1. The Morgan fingerprint density at radius 1 is 1.64 bits per heavy atom. The van der Waals surface area contributed by atoms with Crippen LogP contribution in [0.15, 0.2) is 23.3 Å². The number of hydrogen-bond donors (Lipinski definition) is 2. The second-order valence-electron chi connectivity index (χ2n) is 2.79.